The molecule has 0 amide bonds. The molecule has 2 rings (SSSR count). The van der Waals surface area contributed by atoms with E-state index in [2.05, 4.69) is 15.9 Å². The molecule has 2 aromatic carbocycles. The molecule has 1 nitrogen and oxygen atoms in total. The molecule has 0 bridgehead atoms. The molecule has 0 fully saturated rings. The zero-order valence-electron chi connectivity index (χ0n) is 9.91. The first-order valence-corrected chi connectivity index (χ1v) is 6.78. The van der Waals surface area contributed by atoms with E-state index in [1.54, 1.807) is 6.07 Å². The Morgan fingerprint density at radius 1 is 1.17 bits per heavy atom. The molecule has 0 saturated carbocycles. The molecular weight excluding hydrogens is 312 g/mol. The summed E-state index contributed by atoms with van der Waals surface area (Å²) >= 11 is 9.40. The molecule has 3 heteroatoms. The van der Waals surface area contributed by atoms with Crippen LogP contribution in [0.1, 0.15) is 21.5 Å². The van der Waals surface area contributed by atoms with E-state index in [1.807, 2.05) is 43.3 Å². The van der Waals surface area contributed by atoms with E-state index < -0.39 is 0 Å². The van der Waals surface area contributed by atoms with Crippen molar-refractivity contribution >= 4 is 33.3 Å². The second kappa shape index (κ2) is 5.68. The maximum absolute atomic E-state index is 12.2. The van der Waals surface area contributed by atoms with Crippen LogP contribution in [0.25, 0.3) is 0 Å². The highest BCUT2D eigenvalue weighted by Crippen LogP contribution is 2.20. The number of hydrogen-bond donors (Lipinski definition) is 0. The lowest BCUT2D eigenvalue weighted by molar-refractivity contribution is 0.0992. The van der Waals surface area contributed by atoms with Gasteiger partial charge in [0.05, 0.1) is 0 Å². The van der Waals surface area contributed by atoms with Gasteiger partial charge in [-0.1, -0.05) is 51.8 Å². The van der Waals surface area contributed by atoms with Crippen LogP contribution in [0.3, 0.4) is 0 Å². The number of carbonyl (C=O) groups is 1. The zero-order chi connectivity index (χ0) is 13.1. The van der Waals surface area contributed by atoms with Crippen LogP contribution in [0.4, 0.5) is 0 Å². The first-order chi connectivity index (χ1) is 8.58. The molecule has 92 valence electrons. The normalized spacial score (nSPS) is 10.4. The highest BCUT2D eigenvalue weighted by Gasteiger charge is 2.11. The van der Waals surface area contributed by atoms with E-state index in [0.29, 0.717) is 17.0 Å². The van der Waals surface area contributed by atoms with Gasteiger partial charge in [0, 0.05) is 21.5 Å². The van der Waals surface area contributed by atoms with Crippen molar-refractivity contribution < 1.29 is 4.79 Å². The van der Waals surface area contributed by atoms with Crippen LogP contribution in [-0.4, -0.2) is 5.78 Å². The summed E-state index contributed by atoms with van der Waals surface area (Å²) < 4.78 is 1.01. The zero-order valence-corrected chi connectivity index (χ0v) is 12.3. The van der Waals surface area contributed by atoms with Crippen molar-refractivity contribution in [2.75, 3.05) is 0 Å². The minimum absolute atomic E-state index is 0.0947. The molecule has 18 heavy (non-hydrogen) atoms. The Labute approximate surface area is 120 Å². The van der Waals surface area contributed by atoms with Crippen LogP contribution in [0.5, 0.6) is 0 Å². The van der Waals surface area contributed by atoms with Gasteiger partial charge in [-0.05, 0) is 36.2 Å². The Morgan fingerprint density at radius 2 is 1.83 bits per heavy atom. The smallest absolute Gasteiger partial charge is 0.167 e. The Balaban J connectivity index is 2.22. The minimum Gasteiger partial charge on any atom is -0.294 e. The number of ketones is 1. The average molecular weight is 324 g/mol. The Morgan fingerprint density at radius 3 is 2.50 bits per heavy atom. The van der Waals surface area contributed by atoms with Crippen molar-refractivity contribution in [1.82, 2.24) is 0 Å². The number of Topliss-reactive ketones (excluding diaryl/α,β-unsaturated/α-hetero) is 1. The van der Waals surface area contributed by atoms with Crippen molar-refractivity contribution in [1.29, 1.82) is 0 Å². The summed E-state index contributed by atoms with van der Waals surface area (Å²) in [5, 5.41) is 0.636. The lowest BCUT2D eigenvalue weighted by Gasteiger charge is -2.06. The van der Waals surface area contributed by atoms with Gasteiger partial charge in [0.25, 0.3) is 0 Å². The van der Waals surface area contributed by atoms with Crippen LogP contribution in [0, 0.1) is 6.92 Å². The van der Waals surface area contributed by atoms with Crippen molar-refractivity contribution in [3.8, 4) is 0 Å². The van der Waals surface area contributed by atoms with Crippen LogP contribution in [0.15, 0.2) is 46.9 Å². The lowest BCUT2D eigenvalue weighted by Crippen LogP contribution is -2.05. The highest BCUT2D eigenvalue weighted by molar-refractivity contribution is 9.10. The van der Waals surface area contributed by atoms with Gasteiger partial charge in [0.15, 0.2) is 5.78 Å². The van der Waals surface area contributed by atoms with E-state index >= 15 is 0 Å². The summed E-state index contributed by atoms with van der Waals surface area (Å²) in [4.78, 5) is 12.2. The van der Waals surface area contributed by atoms with Gasteiger partial charge in [-0.2, -0.15) is 0 Å². The number of halogens is 2. The van der Waals surface area contributed by atoms with E-state index in [-0.39, 0.29) is 5.78 Å². The highest BCUT2D eigenvalue weighted by atomic mass is 79.9. The standard InChI is InChI=1S/C15H12BrClO/c1-10-13(3-2-4-14(10)17)15(18)9-11-5-7-12(16)8-6-11/h2-8H,9H2,1H3. The molecule has 0 aliphatic heterocycles. The number of carbonyl (C=O) groups excluding carboxylic acids is 1. The van der Waals surface area contributed by atoms with Crippen molar-refractivity contribution in [2.45, 2.75) is 13.3 Å². The van der Waals surface area contributed by atoms with Crippen LogP contribution >= 0.6 is 27.5 Å². The summed E-state index contributed by atoms with van der Waals surface area (Å²) in [5.74, 6) is 0.0947. The summed E-state index contributed by atoms with van der Waals surface area (Å²) in [6, 6.07) is 13.2. The fourth-order valence-corrected chi connectivity index (χ4v) is 2.23. The summed E-state index contributed by atoms with van der Waals surface area (Å²) in [6.45, 7) is 1.87. The molecule has 0 aliphatic rings. The Bertz CT molecular complexity index is 576. The quantitative estimate of drug-likeness (QED) is 0.739. The predicted molar refractivity (Wildman–Crippen MR) is 78.4 cm³/mol. The molecule has 0 unspecified atom stereocenters. The number of benzene rings is 2. The van der Waals surface area contributed by atoms with Crippen molar-refractivity contribution in [3.63, 3.8) is 0 Å². The van der Waals surface area contributed by atoms with Gasteiger partial charge >= 0.3 is 0 Å². The molecule has 0 spiro atoms. The van der Waals surface area contributed by atoms with Gasteiger partial charge in [-0.15, -0.1) is 0 Å². The van der Waals surface area contributed by atoms with E-state index in [1.165, 1.54) is 0 Å². The maximum atomic E-state index is 12.2. The van der Waals surface area contributed by atoms with Crippen LogP contribution < -0.4 is 0 Å². The summed E-state index contributed by atoms with van der Waals surface area (Å²) in [5.41, 5.74) is 2.55. The van der Waals surface area contributed by atoms with Gasteiger partial charge in [-0.3, -0.25) is 4.79 Å². The molecule has 0 atom stereocenters. The number of rotatable bonds is 3. The number of hydrogen-bond acceptors (Lipinski definition) is 1. The fraction of sp³-hybridized carbons (Fsp3) is 0.133. The van der Waals surface area contributed by atoms with Crippen molar-refractivity contribution in [3.05, 3.63) is 68.7 Å². The topological polar surface area (TPSA) is 17.1 Å². The molecule has 2 aromatic rings. The third-order valence-corrected chi connectivity index (χ3v) is 3.78. The molecule has 0 radical (unpaired) electrons. The predicted octanol–water partition coefficient (Wildman–Crippen LogP) is 4.84. The second-order valence-corrected chi connectivity index (χ2v) is 5.46. The van der Waals surface area contributed by atoms with Crippen LogP contribution in [0.2, 0.25) is 5.02 Å². The molecular formula is C15H12BrClO. The SMILES string of the molecule is Cc1c(Cl)cccc1C(=O)Cc1ccc(Br)cc1. The minimum atomic E-state index is 0.0947. The first kappa shape index (κ1) is 13.3. The van der Waals surface area contributed by atoms with E-state index in [0.717, 1.165) is 15.6 Å². The third kappa shape index (κ3) is 3.01. The average Bonchev–Trinajstić information content (AvgIpc) is 2.35. The largest absolute Gasteiger partial charge is 0.294 e. The molecule has 0 N–H and O–H groups in total. The Kier molecular flexibility index (Phi) is 4.20. The van der Waals surface area contributed by atoms with Gasteiger partial charge in [-0.25, -0.2) is 0 Å². The van der Waals surface area contributed by atoms with Gasteiger partial charge < -0.3 is 0 Å². The van der Waals surface area contributed by atoms with Crippen molar-refractivity contribution in [2.24, 2.45) is 0 Å². The molecule has 0 aromatic heterocycles. The van der Waals surface area contributed by atoms with E-state index in [9.17, 15) is 4.79 Å². The first-order valence-electron chi connectivity index (χ1n) is 5.60. The monoisotopic (exact) mass is 322 g/mol. The van der Waals surface area contributed by atoms with Crippen LogP contribution in [-0.2, 0) is 6.42 Å². The summed E-state index contributed by atoms with van der Waals surface area (Å²) in [7, 11) is 0. The molecule has 0 heterocycles. The van der Waals surface area contributed by atoms with Gasteiger partial charge in [0.1, 0.15) is 0 Å². The fourth-order valence-electron chi connectivity index (χ4n) is 1.79. The lowest BCUT2D eigenvalue weighted by atomic mass is 9.99. The molecule has 0 aliphatic carbocycles. The summed E-state index contributed by atoms with van der Waals surface area (Å²) in [6.07, 6.45) is 0.397. The second-order valence-electron chi connectivity index (χ2n) is 4.14. The Hall–Kier alpha value is -1.12. The third-order valence-electron chi connectivity index (χ3n) is 2.85. The molecule has 0 saturated heterocycles. The van der Waals surface area contributed by atoms with E-state index in [4.69, 9.17) is 11.6 Å². The maximum Gasteiger partial charge on any atom is 0.167 e. The van der Waals surface area contributed by atoms with Gasteiger partial charge in [0.2, 0.25) is 0 Å².